The van der Waals surface area contributed by atoms with Crippen LogP contribution in [0.2, 0.25) is 0 Å². The van der Waals surface area contributed by atoms with Crippen LogP contribution in [0.3, 0.4) is 0 Å². The normalized spacial score (nSPS) is 11.4. The Morgan fingerprint density at radius 3 is 2.06 bits per heavy atom. The maximum atomic E-state index is 9.85. The van der Waals surface area contributed by atoms with Crippen LogP contribution in [-0.4, -0.2) is 15.3 Å². The number of hydrogen-bond acceptors (Lipinski definition) is 3. The number of aliphatic hydroxyl groups excluding tert-OH is 1. The third-order valence-corrected chi connectivity index (χ3v) is 2.30. The van der Waals surface area contributed by atoms with Gasteiger partial charge in [-0.1, -0.05) is 30.3 Å². The van der Waals surface area contributed by atoms with Gasteiger partial charge in [-0.3, -0.25) is 0 Å². The van der Waals surface area contributed by atoms with E-state index in [9.17, 15) is 15.3 Å². The smallest absolute Gasteiger partial charge is 0.123 e. The number of aromatic hydroxyl groups is 2. The summed E-state index contributed by atoms with van der Waals surface area (Å²) in [6.45, 7) is 0. The molecule has 17 heavy (non-hydrogen) atoms. The first-order chi connectivity index (χ1) is 8.15. The molecule has 0 saturated carbocycles. The molecule has 0 fully saturated rings. The standard InChI is InChI=1S/C14H12O3/c15-12-6-10(7-13(16)9-12)8-14(17)11-4-2-1-3-5-11/h1-9,15-17H. The van der Waals surface area contributed by atoms with E-state index in [1.165, 1.54) is 24.3 Å². The molecule has 0 aliphatic heterocycles. The van der Waals surface area contributed by atoms with Gasteiger partial charge in [0.15, 0.2) is 0 Å². The summed E-state index contributed by atoms with van der Waals surface area (Å²) >= 11 is 0. The van der Waals surface area contributed by atoms with Crippen LogP contribution < -0.4 is 0 Å². The van der Waals surface area contributed by atoms with Gasteiger partial charge in [-0.05, 0) is 23.8 Å². The minimum Gasteiger partial charge on any atom is -0.508 e. The Hall–Kier alpha value is -2.42. The van der Waals surface area contributed by atoms with E-state index in [1.807, 2.05) is 18.2 Å². The zero-order valence-electron chi connectivity index (χ0n) is 9.04. The highest BCUT2D eigenvalue weighted by Crippen LogP contribution is 2.23. The third kappa shape index (κ3) is 2.78. The summed E-state index contributed by atoms with van der Waals surface area (Å²) in [5, 5.41) is 28.5. The van der Waals surface area contributed by atoms with Crippen LogP contribution >= 0.6 is 0 Å². The van der Waals surface area contributed by atoms with Crippen LogP contribution in [0.15, 0.2) is 48.5 Å². The molecule has 0 bridgehead atoms. The molecule has 0 unspecified atom stereocenters. The summed E-state index contributed by atoms with van der Waals surface area (Å²) in [5.74, 6) is -0.00942. The number of benzene rings is 2. The summed E-state index contributed by atoms with van der Waals surface area (Å²) in [6, 6.07) is 13.2. The Morgan fingerprint density at radius 1 is 0.882 bits per heavy atom. The average molecular weight is 228 g/mol. The molecule has 0 heterocycles. The summed E-state index contributed by atoms with van der Waals surface area (Å²) in [5.41, 5.74) is 1.21. The topological polar surface area (TPSA) is 60.7 Å². The number of phenolic OH excluding ortho intramolecular Hbond substituents is 2. The van der Waals surface area contributed by atoms with E-state index in [2.05, 4.69) is 0 Å². The van der Waals surface area contributed by atoms with Crippen molar-refractivity contribution in [1.82, 2.24) is 0 Å². The Bertz CT molecular complexity index is 524. The Kier molecular flexibility index (Phi) is 3.01. The molecule has 86 valence electrons. The molecule has 3 heteroatoms. The lowest BCUT2D eigenvalue weighted by atomic mass is 10.1. The van der Waals surface area contributed by atoms with Crippen LogP contribution in [-0.2, 0) is 0 Å². The molecule has 3 N–H and O–H groups in total. The van der Waals surface area contributed by atoms with Crippen LogP contribution in [0.5, 0.6) is 11.5 Å². The largest absolute Gasteiger partial charge is 0.508 e. The van der Waals surface area contributed by atoms with Crippen molar-refractivity contribution in [3.8, 4) is 11.5 Å². The monoisotopic (exact) mass is 228 g/mol. The van der Waals surface area contributed by atoms with E-state index in [-0.39, 0.29) is 17.3 Å². The van der Waals surface area contributed by atoms with Crippen molar-refractivity contribution in [3.63, 3.8) is 0 Å². The highest BCUT2D eigenvalue weighted by molar-refractivity contribution is 5.77. The fourth-order valence-corrected chi connectivity index (χ4v) is 1.55. The van der Waals surface area contributed by atoms with Crippen molar-refractivity contribution in [2.75, 3.05) is 0 Å². The highest BCUT2D eigenvalue weighted by Gasteiger charge is 2.00. The first-order valence-electron chi connectivity index (χ1n) is 5.14. The van der Waals surface area contributed by atoms with Crippen LogP contribution in [0, 0.1) is 0 Å². The summed E-state index contributed by atoms with van der Waals surface area (Å²) in [4.78, 5) is 0. The van der Waals surface area contributed by atoms with Gasteiger partial charge < -0.3 is 15.3 Å². The fourth-order valence-electron chi connectivity index (χ4n) is 1.55. The highest BCUT2D eigenvalue weighted by atomic mass is 16.3. The second-order valence-corrected chi connectivity index (χ2v) is 3.68. The van der Waals surface area contributed by atoms with Gasteiger partial charge in [-0.15, -0.1) is 0 Å². The third-order valence-electron chi connectivity index (χ3n) is 2.30. The lowest BCUT2D eigenvalue weighted by Crippen LogP contribution is -1.82. The molecule has 0 aliphatic rings. The van der Waals surface area contributed by atoms with Gasteiger partial charge in [0, 0.05) is 11.6 Å². The van der Waals surface area contributed by atoms with Gasteiger partial charge in [0.2, 0.25) is 0 Å². The van der Waals surface area contributed by atoms with E-state index in [0.717, 1.165) is 0 Å². The molecule has 0 saturated heterocycles. The molecule has 2 aromatic carbocycles. The van der Waals surface area contributed by atoms with Gasteiger partial charge in [-0.25, -0.2) is 0 Å². The van der Waals surface area contributed by atoms with E-state index in [1.54, 1.807) is 12.1 Å². The Balaban J connectivity index is 2.36. The summed E-state index contributed by atoms with van der Waals surface area (Å²) in [6.07, 6.45) is 1.48. The number of aliphatic hydroxyl groups is 1. The molecule has 0 radical (unpaired) electrons. The lowest BCUT2D eigenvalue weighted by molar-refractivity contribution is 0.450. The van der Waals surface area contributed by atoms with E-state index in [0.29, 0.717) is 11.1 Å². The number of hydrogen-bond donors (Lipinski definition) is 3. The second kappa shape index (κ2) is 4.61. The Morgan fingerprint density at radius 2 is 1.47 bits per heavy atom. The molecule has 2 rings (SSSR count). The zero-order valence-corrected chi connectivity index (χ0v) is 9.04. The predicted octanol–water partition coefficient (Wildman–Crippen LogP) is 3.15. The minimum atomic E-state index is -0.0443. The second-order valence-electron chi connectivity index (χ2n) is 3.68. The zero-order chi connectivity index (χ0) is 12.3. The first-order valence-corrected chi connectivity index (χ1v) is 5.14. The van der Waals surface area contributed by atoms with E-state index < -0.39 is 0 Å². The van der Waals surface area contributed by atoms with E-state index >= 15 is 0 Å². The lowest BCUT2D eigenvalue weighted by Gasteiger charge is -2.02. The van der Waals surface area contributed by atoms with Crippen molar-refractivity contribution >= 4 is 11.8 Å². The summed E-state index contributed by atoms with van der Waals surface area (Å²) in [7, 11) is 0. The number of phenols is 2. The van der Waals surface area contributed by atoms with E-state index in [4.69, 9.17) is 0 Å². The van der Waals surface area contributed by atoms with Gasteiger partial charge >= 0.3 is 0 Å². The quantitative estimate of drug-likeness (QED) is 0.546. The molecular weight excluding hydrogens is 216 g/mol. The maximum Gasteiger partial charge on any atom is 0.123 e. The first kappa shape index (κ1) is 11.1. The summed E-state index contributed by atoms with van der Waals surface area (Å²) < 4.78 is 0. The van der Waals surface area contributed by atoms with Crippen LogP contribution in [0.4, 0.5) is 0 Å². The minimum absolute atomic E-state index is 0.0443. The molecular formula is C14H12O3. The number of rotatable bonds is 2. The Labute approximate surface area is 98.9 Å². The van der Waals surface area contributed by atoms with Crippen molar-refractivity contribution in [2.24, 2.45) is 0 Å². The fraction of sp³-hybridized carbons (Fsp3) is 0. The predicted molar refractivity (Wildman–Crippen MR) is 66.7 cm³/mol. The van der Waals surface area contributed by atoms with Gasteiger partial charge in [0.05, 0.1) is 0 Å². The molecule has 0 aliphatic carbocycles. The molecule has 0 aromatic heterocycles. The molecule has 0 spiro atoms. The molecule has 3 nitrogen and oxygen atoms in total. The van der Waals surface area contributed by atoms with Crippen molar-refractivity contribution < 1.29 is 15.3 Å². The molecule has 0 amide bonds. The van der Waals surface area contributed by atoms with Crippen molar-refractivity contribution in [2.45, 2.75) is 0 Å². The SMILES string of the molecule is OC(=Cc1cc(O)cc(O)c1)c1ccccc1. The van der Waals surface area contributed by atoms with Gasteiger partial charge in [-0.2, -0.15) is 0 Å². The average Bonchev–Trinajstić information content (AvgIpc) is 2.28. The maximum absolute atomic E-state index is 9.85. The van der Waals surface area contributed by atoms with Crippen molar-refractivity contribution in [3.05, 3.63) is 59.7 Å². The van der Waals surface area contributed by atoms with Gasteiger partial charge in [0.1, 0.15) is 17.3 Å². The van der Waals surface area contributed by atoms with Crippen LogP contribution in [0.1, 0.15) is 11.1 Å². The van der Waals surface area contributed by atoms with Crippen LogP contribution in [0.25, 0.3) is 11.8 Å². The molecule has 2 aromatic rings. The van der Waals surface area contributed by atoms with Gasteiger partial charge in [0.25, 0.3) is 0 Å². The van der Waals surface area contributed by atoms with Crippen molar-refractivity contribution in [1.29, 1.82) is 0 Å². The molecule has 0 atom stereocenters.